The molecule has 31 heavy (non-hydrogen) atoms. The lowest BCUT2D eigenvalue weighted by Gasteiger charge is -2.32. The summed E-state index contributed by atoms with van der Waals surface area (Å²) in [6.45, 7) is 15.3. The number of rotatable bonds is 5. The van der Waals surface area contributed by atoms with Gasteiger partial charge in [0.05, 0.1) is 19.8 Å². The summed E-state index contributed by atoms with van der Waals surface area (Å²) in [4.78, 5) is 10.0. The largest absolute Gasteiger partial charge is 0.486 e. The highest BCUT2D eigenvalue weighted by atomic mass is 127. The van der Waals surface area contributed by atoms with Crippen molar-refractivity contribution in [3.63, 3.8) is 0 Å². The number of aliphatic imine (C=N–C) groups is 1. The number of likely N-dealkylation sites (tertiary alicyclic amines) is 1. The highest BCUT2D eigenvalue weighted by molar-refractivity contribution is 14.0. The molecule has 0 aromatic heterocycles. The number of hydrogen-bond donors (Lipinski definition) is 1. The van der Waals surface area contributed by atoms with E-state index in [1.165, 1.54) is 12.0 Å². The van der Waals surface area contributed by atoms with Gasteiger partial charge in [0, 0.05) is 44.2 Å². The number of guanidine groups is 1. The second-order valence-corrected chi connectivity index (χ2v) is 8.95. The van der Waals surface area contributed by atoms with E-state index < -0.39 is 0 Å². The maximum atomic E-state index is 5.78. The van der Waals surface area contributed by atoms with Crippen molar-refractivity contribution in [1.82, 2.24) is 15.1 Å². The first-order valence-electron chi connectivity index (χ1n) is 11.3. The maximum absolute atomic E-state index is 5.78. The smallest absolute Gasteiger partial charge is 0.193 e. The second-order valence-electron chi connectivity index (χ2n) is 8.95. The molecule has 1 unspecified atom stereocenters. The fourth-order valence-electron chi connectivity index (χ4n) is 4.43. The predicted molar refractivity (Wildman–Crippen MR) is 134 cm³/mol. The van der Waals surface area contributed by atoms with Crippen LogP contribution in [0.4, 0.5) is 0 Å². The fraction of sp³-hybridized carbons (Fsp3) is 0.696. The molecule has 0 saturated carbocycles. The lowest BCUT2D eigenvalue weighted by atomic mass is 9.84. The summed E-state index contributed by atoms with van der Waals surface area (Å²) in [5.41, 5.74) is 1.12. The zero-order chi connectivity index (χ0) is 21.0. The highest BCUT2D eigenvalue weighted by Crippen LogP contribution is 2.35. The number of nitrogens with one attached hydrogen (secondary N) is 1. The van der Waals surface area contributed by atoms with Gasteiger partial charge in [0.25, 0.3) is 0 Å². The summed E-state index contributed by atoms with van der Waals surface area (Å²) in [5, 5.41) is 3.51. The quantitative estimate of drug-likeness (QED) is 0.350. The Morgan fingerprint density at radius 1 is 1.10 bits per heavy atom. The van der Waals surface area contributed by atoms with Crippen LogP contribution in [0.2, 0.25) is 0 Å². The van der Waals surface area contributed by atoms with Crippen LogP contribution in [-0.4, -0.2) is 87.5 Å². The van der Waals surface area contributed by atoms with Crippen molar-refractivity contribution in [2.75, 3.05) is 65.7 Å². The number of fused-ring (bicyclic) bond motifs is 1. The average Bonchev–Trinajstić information content (AvgIpc) is 3.27. The van der Waals surface area contributed by atoms with Gasteiger partial charge in [-0.05, 0) is 31.0 Å². The van der Waals surface area contributed by atoms with Crippen LogP contribution in [0.3, 0.4) is 0 Å². The molecule has 4 rings (SSSR count). The summed E-state index contributed by atoms with van der Waals surface area (Å²) in [6.07, 6.45) is 1.19. The Kier molecular flexibility index (Phi) is 8.69. The minimum atomic E-state index is -0.0974. The molecule has 7 nitrogen and oxygen atoms in total. The maximum Gasteiger partial charge on any atom is 0.193 e. The Hall–Kier alpha value is -1.26. The van der Waals surface area contributed by atoms with Gasteiger partial charge in [0.2, 0.25) is 0 Å². The van der Waals surface area contributed by atoms with Gasteiger partial charge in [0.15, 0.2) is 17.5 Å². The summed E-state index contributed by atoms with van der Waals surface area (Å²) in [6, 6.07) is 6.87. The van der Waals surface area contributed by atoms with E-state index in [1.807, 2.05) is 6.07 Å². The van der Waals surface area contributed by atoms with Crippen LogP contribution in [-0.2, 0) is 10.2 Å². The van der Waals surface area contributed by atoms with Crippen LogP contribution in [0.1, 0.15) is 32.8 Å². The fourth-order valence-corrected chi connectivity index (χ4v) is 4.43. The van der Waals surface area contributed by atoms with E-state index in [-0.39, 0.29) is 29.4 Å². The van der Waals surface area contributed by atoms with Crippen molar-refractivity contribution < 1.29 is 14.2 Å². The molecule has 1 aromatic rings. The SMILES string of the molecule is CCNC(=NCC(C)(C)c1ccc2c(c1)OCCO2)N1CCC(N2CCOCC2)C1.I. The van der Waals surface area contributed by atoms with Crippen molar-refractivity contribution in [3.8, 4) is 11.5 Å². The topological polar surface area (TPSA) is 58.6 Å². The monoisotopic (exact) mass is 544 g/mol. The summed E-state index contributed by atoms with van der Waals surface area (Å²) < 4.78 is 17.0. The van der Waals surface area contributed by atoms with Gasteiger partial charge in [-0.2, -0.15) is 0 Å². The molecule has 2 fully saturated rings. The van der Waals surface area contributed by atoms with Gasteiger partial charge < -0.3 is 24.4 Å². The zero-order valence-electron chi connectivity index (χ0n) is 19.1. The van der Waals surface area contributed by atoms with Crippen LogP contribution in [0, 0.1) is 0 Å². The molecule has 0 aliphatic carbocycles. The van der Waals surface area contributed by atoms with E-state index in [4.69, 9.17) is 19.2 Å². The number of hydrogen-bond acceptors (Lipinski definition) is 5. The molecule has 2 saturated heterocycles. The molecule has 1 atom stereocenters. The van der Waals surface area contributed by atoms with Crippen molar-refractivity contribution in [2.45, 2.75) is 38.6 Å². The molecule has 3 aliphatic heterocycles. The van der Waals surface area contributed by atoms with E-state index in [0.717, 1.165) is 63.4 Å². The lowest BCUT2D eigenvalue weighted by molar-refractivity contribution is 0.0195. The first-order chi connectivity index (χ1) is 14.6. The van der Waals surface area contributed by atoms with Gasteiger partial charge in [-0.15, -0.1) is 24.0 Å². The van der Waals surface area contributed by atoms with Crippen LogP contribution in [0.25, 0.3) is 0 Å². The summed E-state index contributed by atoms with van der Waals surface area (Å²) in [5.74, 6) is 2.71. The molecule has 0 radical (unpaired) electrons. The van der Waals surface area contributed by atoms with Gasteiger partial charge in [-0.1, -0.05) is 19.9 Å². The Labute approximate surface area is 203 Å². The Morgan fingerprint density at radius 3 is 2.58 bits per heavy atom. The zero-order valence-corrected chi connectivity index (χ0v) is 21.4. The number of morpholine rings is 1. The lowest BCUT2D eigenvalue weighted by Crippen LogP contribution is -2.47. The molecule has 3 heterocycles. The van der Waals surface area contributed by atoms with Crippen LogP contribution < -0.4 is 14.8 Å². The minimum absolute atomic E-state index is 0. The van der Waals surface area contributed by atoms with Crippen LogP contribution in [0.15, 0.2) is 23.2 Å². The molecular formula is C23H37IN4O3. The molecule has 8 heteroatoms. The highest BCUT2D eigenvalue weighted by Gasteiger charge is 2.31. The standard InChI is InChI=1S/C23H36N4O3.HI/c1-4-24-22(27-8-7-19(16-27)26-9-11-28-12-10-26)25-17-23(2,3)18-5-6-20-21(15-18)30-14-13-29-20;/h5-6,15,19H,4,7-14,16-17H2,1-3H3,(H,24,25);1H. The van der Waals surface area contributed by atoms with Crippen molar-refractivity contribution in [1.29, 1.82) is 0 Å². The molecule has 174 valence electrons. The van der Waals surface area contributed by atoms with E-state index >= 15 is 0 Å². The minimum Gasteiger partial charge on any atom is -0.486 e. The normalized spacial score (nSPS) is 22.2. The summed E-state index contributed by atoms with van der Waals surface area (Å²) in [7, 11) is 0. The third-order valence-corrected chi connectivity index (χ3v) is 6.31. The van der Waals surface area contributed by atoms with Crippen molar-refractivity contribution in [3.05, 3.63) is 23.8 Å². The van der Waals surface area contributed by atoms with Crippen molar-refractivity contribution >= 4 is 29.9 Å². The second kappa shape index (κ2) is 11.0. The Bertz CT molecular complexity index is 752. The number of benzene rings is 1. The number of ether oxygens (including phenoxy) is 3. The first-order valence-corrected chi connectivity index (χ1v) is 11.3. The molecule has 3 aliphatic rings. The first kappa shape index (κ1) is 24.4. The predicted octanol–water partition coefficient (Wildman–Crippen LogP) is 2.73. The van der Waals surface area contributed by atoms with E-state index in [2.05, 4.69) is 48.0 Å². The van der Waals surface area contributed by atoms with Crippen LogP contribution in [0.5, 0.6) is 11.5 Å². The van der Waals surface area contributed by atoms with Crippen molar-refractivity contribution in [2.24, 2.45) is 4.99 Å². The average molecular weight is 544 g/mol. The Morgan fingerprint density at radius 2 is 1.84 bits per heavy atom. The van der Waals surface area contributed by atoms with Gasteiger partial charge in [-0.3, -0.25) is 9.89 Å². The van der Waals surface area contributed by atoms with E-state index in [1.54, 1.807) is 0 Å². The Balaban J connectivity index is 0.00000272. The molecule has 0 spiro atoms. The van der Waals surface area contributed by atoms with E-state index in [0.29, 0.717) is 25.8 Å². The molecule has 1 N–H and O–H groups in total. The molecule has 0 amide bonds. The van der Waals surface area contributed by atoms with Gasteiger partial charge >= 0.3 is 0 Å². The third-order valence-electron chi connectivity index (χ3n) is 6.31. The molecular weight excluding hydrogens is 507 g/mol. The van der Waals surface area contributed by atoms with Crippen LogP contribution >= 0.6 is 24.0 Å². The summed E-state index contributed by atoms with van der Waals surface area (Å²) >= 11 is 0. The van der Waals surface area contributed by atoms with Gasteiger partial charge in [-0.25, -0.2) is 0 Å². The number of halogens is 1. The molecule has 1 aromatic carbocycles. The van der Waals surface area contributed by atoms with Gasteiger partial charge in [0.1, 0.15) is 13.2 Å². The molecule has 0 bridgehead atoms. The number of nitrogens with zero attached hydrogens (tertiary/aromatic N) is 3. The third kappa shape index (κ3) is 5.96. The van der Waals surface area contributed by atoms with E-state index in [9.17, 15) is 0 Å².